The van der Waals surface area contributed by atoms with Crippen molar-refractivity contribution in [3.05, 3.63) is 46.2 Å². The second kappa shape index (κ2) is 5.86. The molecule has 2 aliphatic rings. The topological polar surface area (TPSA) is 48.1 Å². The Hall–Kier alpha value is -1.65. The number of hydrogen-bond acceptors (Lipinski definition) is 3. The minimum absolute atomic E-state index is 0.0293. The molecule has 0 unspecified atom stereocenters. The van der Waals surface area contributed by atoms with Gasteiger partial charge in [-0.05, 0) is 56.3 Å². The normalized spacial score (nSPS) is 20.5. The number of pyridine rings is 1. The molecule has 1 aliphatic heterocycles. The molecule has 4 rings (SSSR count). The molecule has 22 heavy (non-hydrogen) atoms. The lowest BCUT2D eigenvalue weighted by atomic mass is 10.0. The lowest BCUT2D eigenvalue weighted by molar-refractivity contribution is 0.189. The highest BCUT2D eigenvalue weighted by molar-refractivity contribution is 5.78. The fourth-order valence-corrected chi connectivity index (χ4v) is 3.49. The van der Waals surface area contributed by atoms with E-state index in [2.05, 4.69) is 15.2 Å². The molecule has 1 saturated heterocycles. The second-order valence-corrected chi connectivity index (χ2v) is 6.63. The number of benzene rings is 1. The minimum Gasteiger partial charge on any atom is -0.322 e. The predicted octanol–water partition coefficient (Wildman–Crippen LogP) is 2.24. The molecule has 0 amide bonds. The van der Waals surface area contributed by atoms with Gasteiger partial charge in [0, 0.05) is 29.7 Å². The molecular formula is C18H23N3O. The van der Waals surface area contributed by atoms with Gasteiger partial charge < -0.3 is 15.2 Å². The first kappa shape index (κ1) is 14.0. The first-order chi connectivity index (χ1) is 10.8. The third-order valence-corrected chi connectivity index (χ3v) is 5.00. The van der Waals surface area contributed by atoms with E-state index in [0.717, 1.165) is 22.5 Å². The van der Waals surface area contributed by atoms with Gasteiger partial charge in [-0.3, -0.25) is 4.79 Å². The molecule has 0 atom stereocenters. The van der Waals surface area contributed by atoms with Gasteiger partial charge in [-0.15, -0.1) is 0 Å². The van der Waals surface area contributed by atoms with Crippen molar-refractivity contribution in [2.75, 3.05) is 13.1 Å². The van der Waals surface area contributed by atoms with Crippen LogP contribution in [0.4, 0.5) is 0 Å². The van der Waals surface area contributed by atoms with Gasteiger partial charge in [-0.1, -0.05) is 18.2 Å². The highest BCUT2D eigenvalue weighted by Crippen LogP contribution is 2.29. The van der Waals surface area contributed by atoms with Crippen molar-refractivity contribution in [1.29, 1.82) is 0 Å². The zero-order valence-corrected chi connectivity index (χ0v) is 12.8. The molecule has 0 radical (unpaired) electrons. The van der Waals surface area contributed by atoms with E-state index < -0.39 is 0 Å². The van der Waals surface area contributed by atoms with E-state index in [0.29, 0.717) is 12.6 Å². The Kier molecular flexibility index (Phi) is 3.72. The van der Waals surface area contributed by atoms with Crippen LogP contribution in [-0.4, -0.2) is 35.1 Å². The van der Waals surface area contributed by atoms with E-state index >= 15 is 0 Å². The number of fused-ring (bicyclic) bond motifs is 1. The van der Waals surface area contributed by atoms with Crippen LogP contribution in [0.25, 0.3) is 10.9 Å². The lowest BCUT2D eigenvalue weighted by Gasteiger charge is -2.32. The summed E-state index contributed by atoms with van der Waals surface area (Å²) in [5.41, 5.74) is 1.78. The van der Waals surface area contributed by atoms with Crippen molar-refractivity contribution >= 4 is 10.9 Å². The summed E-state index contributed by atoms with van der Waals surface area (Å²) in [4.78, 5) is 17.8. The number of para-hydroxylation sites is 1. The molecule has 4 heteroatoms. The molecule has 116 valence electrons. The van der Waals surface area contributed by atoms with Crippen LogP contribution in [0.15, 0.2) is 35.1 Å². The molecule has 0 spiro atoms. The minimum atomic E-state index is 0.0293. The van der Waals surface area contributed by atoms with Crippen molar-refractivity contribution in [3.8, 4) is 0 Å². The number of rotatable bonds is 4. The fourth-order valence-electron chi connectivity index (χ4n) is 3.49. The summed E-state index contributed by atoms with van der Waals surface area (Å²) in [7, 11) is 0. The Morgan fingerprint density at radius 1 is 1.14 bits per heavy atom. The summed E-state index contributed by atoms with van der Waals surface area (Å²) >= 11 is 0. The third-order valence-electron chi connectivity index (χ3n) is 5.00. The SMILES string of the molecule is O=c1[nH]c2ccccc2cc1CNC1CCN(C2CC2)CC1. The molecule has 2 heterocycles. The van der Waals surface area contributed by atoms with Crippen molar-refractivity contribution in [2.45, 2.75) is 44.3 Å². The van der Waals surface area contributed by atoms with Crippen LogP contribution in [-0.2, 0) is 6.54 Å². The maximum absolute atomic E-state index is 12.2. The number of piperidine rings is 1. The van der Waals surface area contributed by atoms with Gasteiger partial charge in [0.2, 0.25) is 0 Å². The van der Waals surface area contributed by atoms with Crippen LogP contribution in [0.5, 0.6) is 0 Å². The molecule has 1 aromatic heterocycles. The summed E-state index contributed by atoms with van der Waals surface area (Å²) in [6, 6.07) is 11.4. The molecule has 2 fully saturated rings. The number of aromatic amines is 1. The summed E-state index contributed by atoms with van der Waals surface area (Å²) in [6.07, 6.45) is 5.18. The van der Waals surface area contributed by atoms with E-state index in [1.807, 2.05) is 30.3 Å². The quantitative estimate of drug-likeness (QED) is 0.910. The number of likely N-dealkylation sites (tertiary alicyclic amines) is 1. The molecule has 2 aromatic rings. The Balaban J connectivity index is 1.39. The number of H-pyrrole nitrogens is 1. The number of hydrogen-bond donors (Lipinski definition) is 2. The highest BCUT2D eigenvalue weighted by Gasteiger charge is 2.31. The summed E-state index contributed by atoms with van der Waals surface area (Å²) in [5, 5.41) is 4.68. The maximum atomic E-state index is 12.2. The summed E-state index contributed by atoms with van der Waals surface area (Å²) in [6.45, 7) is 3.07. The maximum Gasteiger partial charge on any atom is 0.252 e. The van der Waals surface area contributed by atoms with Crippen LogP contribution in [0, 0.1) is 0 Å². The zero-order chi connectivity index (χ0) is 14.9. The lowest BCUT2D eigenvalue weighted by Crippen LogP contribution is -2.43. The summed E-state index contributed by atoms with van der Waals surface area (Å²) in [5.74, 6) is 0. The first-order valence-electron chi connectivity index (χ1n) is 8.38. The van der Waals surface area contributed by atoms with E-state index in [1.165, 1.54) is 38.8 Å². The Bertz CT molecular complexity index is 712. The first-order valence-corrected chi connectivity index (χ1v) is 8.38. The average molecular weight is 297 g/mol. The van der Waals surface area contributed by atoms with Gasteiger partial charge in [0.25, 0.3) is 5.56 Å². The van der Waals surface area contributed by atoms with Gasteiger partial charge in [-0.25, -0.2) is 0 Å². The second-order valence-electron chi connectivity index (χ2n) is 6.63. The highest BCUT2D eigenvalue weighted by atomic mass is 16.1. The monoisotopic (exact) mass is 297 g/mol. The standard InChI is InChI=1S/C18H23N3O/c22-18-14(11-13-3-1-2-4-17(13)20-18)12-19-15-7-9-21(10-8-15)16-5-6-16/h1-4,11,15-16,19H,5-10,12H2,(H,20,22). The third kappa shape index (κ3) is 2.94. The fraction of sp³-hybridized carbons (Fsp3) is 0.500. The van der Waals surface area contributed by atoms with Gasteiger partial charge in [0.1, 0.15) is 0 Å². The van der Waals surface area contributed by atoms with Gasteiger partial charge in [0.15, 0.2) is 0 Å². The Morgan fingerprint density at radius 3 is 2.68 bits per heavy atom. The number of aromatic nitrogens is 1. The van der Waals surface area contributed by atoms with Gasteiger partial charge in [0.05, 0.1) is 0 Å². The van der Waals surface area contributed by atoms with Gasteiger partial charge in [-0.2, -0.15) is 0 Å². The Labute approximate surface area is 130 Å². The number of nitrogens with one attached hydrogen (secondary N) is 2. The van der Waals surface area contributed by atoms with E-state index in [-0.39, 0.29) is 5.56 Å². The van der Waals surface area contributed by atoms with E-state index in [4.69, 9.17) is 0 Å². The molecule has 4 nitrogen and oxygen atoms in total. The largest absolute Gasteiger partial charge is 0.322 e. The van der Waals surface area contributed by atoms with Crippen LogP contribution in [0.2, 0.25) is 0 Å². The smallest absolute Gasteiger partial charge is 0.252 e. The zero-order valence-electron chi connectivity index (χ0n) is 12.8. The van der Waals surface area contributed by atoms with E-state index in [9.17, 15) is 4.79 Å². The summed E-state index contributed by atoms with van der Waals surface area (Å²) < 4.78 is 0. The predicted molar refractivity (Wildman–Crippen MR) is 89.0 cm³/mol. The van der Waals surface area contributed by atoms with Crippen LogP contribution < -0.4 is 10.9 Å². The van der Waals surface area contributed by atoms with Crippen LogP contribution in [0.1, 0.15) is 31.2 Å². The molecule has 1 saturated carbocycles. The molecule has 1 aliphatic carbocycles. The van der Waals surface area contributed by atoms with E-state index in [1.54, 1.807) is 0 Å². The van der Waals surface area contributed by atoms with Crippen molar-refractivity contribution < 1.29 is 0 Å². The van der Waals surface area contributed by atoms with Gasteiger partial charge >= 0.3 is 0 Å². The number of nitrogens with zero attached hydrogens (tertiary/aromatic N) is 1. The van der Waals surface area contributed by atoms with Crippen molar-refractivity contribution in [1.82, 2.24) is 15.2 Å². The molecular weight excluding hydrogens is 274 g/mol. The van der Waals surface area contributed by atoms with Crippen molar-refractivity contribution in [2.24, 2.45) is 0 Å². The molecule has 0 bridgehead atoms. The molecule has 1 aromatic carbocycles. The van der Waals surface area contributed by atoms with Crippen molar-refractivity contribution in [3.63, 3.8) is 0 Å². The van der Waals surface area contributed by atoms with Crippen LogP contribution in [0.3, 0.4) is 0 Å². The average Bonchev–Trinajstić information content (AvgIpc) is 3.38. The van der Waals surface area contributed by atoms with Crippen LogP contribution >= 0.6 is 0 Å². The molecule has 2 N–H and O–H groups in total. The Morgan fingerprint density at radius 2 is 1.91 bits per heavy atom.